The molecule has 2 saturated heterocycles. The van der Waals surface area contributed by atoms with Gasteiger partial charge in [-0.1, -0.05) is 18.9 Å². The Labute approximate surface area is 195 Å². The van der Waals surface area contributed by atoms with Gasteiger partial charge >= 0.3 is 5.97 Å². The van der Waals surface area contributed by atoms with E-state index in [-0.39, 0.29) is 28.0 Å². The molecule has 1 aromatic carbocycles. The van der Waals surface area contributed by atoms with Crippen molar-refractivity contribution in [2.24, 2.45) is 0 Å². The van der Waals surface area contributed by atoms with Crippen molar-refractivity contribution in [2.45, 2.75) is 61.9 Å². The van der Waals surface area contributed by atoms with Gasteiger partial charge in [-0.15, -0.1) is 0 Å². The molecule has 1 amide bonds. The first-order chi connectivity index (χ1) is 15.7. The Morgan fingerprint density at radius 1 is 1.03 bits per heavy atom. The molecule has 1 saturated carbocycles. The molecule has 1 aliphatic carbocycles. The molecule has 9 nitrogen and oxygen atoms in total. The second-order valence-corrected chi connectivity index (χ2v) is 13.2. The van der Waals surface area contributed by atoms with Crippen molar-refractivity contribution >= 4 is 31.7 Å². The highest BCUT2D eigenvalue weighted by molar-refractivity contribution is 7.91. The van der Waals surface area contributed by atoms with Crippen molar-refractivity contribution in [1.29, 1.82) is 0 Å². The fraction of sp³-hybridized carbons (Fsp3) is 0.636. The van der Waals surface area contributed by atoms with Crippen LogP contribution in [0.15, 0.2) is 29.2 Å². The Hall–Kier alpha value is -1.98. The molecule has 0 aromatic heterocycles. The molecule has 1 unspecified atom stereocenters. The van der Waals surface area contributed by atoms with Crippen LogP contribution in [0.1, 0.15) is 55.3 Å². The van der Waals surface area contributed by atoms with Crippen molar-refractivity contribution < 1.29 is 31.2 Å². The normalized spacial score (nSPS) is 23.6. The number of amides is 1. The number of sulfone groups is 1. The molecule has 0 N–H and O–H groups in total. The van der Waals surface area contributed by atoms with Gasteiger partial charge in [-0.2, -0.15) is 4.31 Å². The van der Waals surface area contributed by atoms with Crippen LogP contribution < -0.4 is 0 Å². The predicted molar refractivity (Wildman–Crippen MR) is 121 cm³/mol. The van der Waals surface area contributed by atoms with Gasteiger partial charge in [0.25, 0.3) is 5.91 Å². The second-order valence-electron chi connectivity index (χ2n) is 9.01. The zero-order valence-corrected chi connectivity index (χ0v) is 20.2. The summed E-state index contributed by atoms with van der Waals surface area (Å²) in [6.07, 6.45) is 5.60. The number of hydrogen-bond donors (Lipinski definition) is 0. The summed E-state index contributed by atoms with van der Waals surface area (Å²) in [5.41, 5.74) is 0.0546. The smallest absolute Gasteiger partial charge is 0.338 e. The van der Waals surface area contributed by atoms with Gasteiger partial charge in [-0.25, -0.2) is 21.6 Å². The van der Waals surface area contributed by atoms with Crippen LogP contribution in [0.4, 0.5) is 0 Å². The maximum Gasteiger partial charge on any atom is 0.338 e. The standard InChI is InChI=1S/C22H30N2O7S2/c25-21(24(18-7-1-2-8-18)19-10-13-32(27,28)16-19)15-31-22(26)17-6-5-9-20(14-17)33(29,30)23-11-3-4-12-23/h5-6,9,14,18-19H,1-4,7-8,10-13,15-16H2. The van der Waals surface area contributed by atoms with Crippen LogP contribution in [0, 0.1) is 0 Å². The van der Waals surface area contributed by atoms with Gasteiger partial charge in [0.2, 0.25) is 10.0 Å². The SMILES string of the molecule is O=C(OCC(=O)N(C1CCCC1)C1CCS(=O)(=O)C1)c1cccc(S(=O)(=O)N2CCCC2)c1. The Morgan fingerprint density at radius 3 is 2.36 bits per heavy atom. The number of nitrogens with zero attached hydrogens (tertiary/aromatic N) is 2. The van der Waals surface area contributed by atoms with Crippen LogP contribution in [0.5, 0.6) is 0 Å². The summed E-state index contributed by atoms with van der Waals surface area (Å²) in [5, 5.41) is 0. The summed E-state index contributed by atoms with van der Waals surface area (Å²) in [5.74, 6) is -1.18. The van der Waals surface area contributed by atoms with Crippen LogP contribution in [0.3, 0.4) is 0 Å². The van der Waals surface area contributed by atoms with E-state index in [1.54, 1.807) is 4.90 Å². The number of carbonyl (C=O) groups excluding carboxylic acids is 2. The van der Waals surface area contributed by atoms with Gasteiger partial charge in [0, 0.05) is 25.2 Å². The number of esters is 1. The third kappa shape index (κ3) is 5.41. The van der Waals surface area contributed by atoms with E-state index in [1.165, 1.54) is 28.6 Å². The minimum absolute atomic E-state index is 0.0221. The van der Waals surface area contributed by atoms with Crippen LogP contribution in [-0.2, 0) is 29.4 Å². The summed E-state index contributed by atoms with van der Waals surface area (Å²) in [6, 6.07) is 5.22. The lowest BCUT2D eigenvalue weighted by Crippen LogP contribution is -2.48. The summed E-state index contributed by atoms with van der Waals surface area (Å²) >= 11 is 0. The Morgan fingerprint density at radius 2 is 1.73 bits per heavy atom. The number of rotatable bonds is 7. The van der Waals surface area contributed by atoms with Crippen molar-refractivity contribution in [3.63, 3.8) is 0 Å². The van der Waals surface area contributed by atoms with E-state index < -0.39 is 44.4 Å². The first-order valence-corrected chi connectivity index (χ1v) is 14.7. The third-order valence-corrected chi connectivity index (χ3v) is 10.4. The van der Waals surface area contributed by atoms with Gasteiger partial charge in [-0.05, 0) is 50.3 Å². The summed E-state index contributed by atoms with van der Waals surface area (Å²) in [6.45, 7) is 0.410. The Balaban J connectivity index is 1.43. The lowest BCUT2D eigenvalue weighted by molar-refractivity contribution is -0.139. The molecular weight excluding hydrogens is 468 g/mol. The van der Waals surface area contributed by atoms with Gasteiger partial charge < -0.3 is 9.64 Å². The van der Waals surface area contributed by atoms with E-state index in [2.05, 4.69) is 0 Å². The van der Waals surface area contributed by atoms with E-state index >= 15 is 0 Å². The van der Waals surface area contributed by atoms with Crippen molar-refractivity contribution in [2.75, 3.05) is 31.2 Å². The Bertz CT molecular complexity index is 1110. The highest BCUT2D eigenvalue weighted by atomic mass is 32.2. The largest absolute Gasteiger partial charge is 0.452 e. The van der Waals surface area contributed by atoms with Gasteiger partial charge in [0.15, 0.2) is 16.4 Å². The minimum atomic E-state index is -3.68. The molecule has 182 valence electrons. The number of hydrogen-bond acceptors (Lipinski definition) is 7. The van der Waals surface area contributed by atoms with Crippen LogP contribution in [0.2, 0.25) is 0 Å². The second kappa shape index (κ2) is 9.71. The first-order valence-electron chi connectivity index (χ1n) is 11.5. The molecule has 4 rings (SSSR count). The maximum absolute atomic E-state index is 13.0. The zero-order valence-electron chi connectivity index (χ0n) is 18.5. The van der Waals surface area contributed by atoms with Gasteiger partial charge in [0.1, 0.15) is 0 Å². The van der Waals surface area contributed by atoms with Crippen molar-refractivity contribution in [1.82, 2.24) is 9.21 Å². The van der Waals surface area contributed by atoms with Crippen LogP contribution in [0.25, 0.3) is 0 Å². The fourth-order valence-electron chi connectivity index (χ4n) is 5.03. The average Bonchev–Trinajstić information content (AvgIpc) is 3.55. The molecule has 3 fully saturated rings. The lowest BCUT2D eigenvalue weighted by atomic mass is 10.1. The molecule has 11 heteroatoms. The molecule has 2 aliphatic heterocycles. The van der Waals surface area contributed by atoms with E-state index in [1.807, 2.05) is 0 Å². The molecule has 0 spiro atoms. The monoisotopic (exact) mass is 498 g/mol. The number of carbonyl (C=O) groups is 2. The summed E-state index contributed by atoms with van der Waals surface area (Å²) < 4.78 is 56.1. The fourth-order valence-corrected chi connectivity index (χ4v) is 8.30. The van der Waals surface area contributed by atoms with E-state index in [4.69, 9.17) is 4.74 Å². The van der Waals surface area contributed by atoms with E-state index in [9.17, 15) is 26.4 Å². The average molecular weight is 499 g/mol. The molecule has 3 aliphatic rings. The number of ether oxygens (including phenoxy) is 1. The number of benzene rings is 1. The highest BCUT2D eigenvalue weighted by Crippen LogP contribution is 2.29. The zero-order chi connectivity index (χ0) is 23.6. The van der Waals surface area contributed by atoms with Gasteiger partial charge in [-0.3, -0.25) is 4.79 Å². The molecule has 33 heavy (non-hydrogen) atoms. The molecule has 2 heterocycles. The summed E-state index contributed by atoms with van der Waals surface area (Å²) in [7, 11) is -6.85. The van der Waals surface area contributed by atoms with Crippen LogP contribution >= 0.6 is 0 Å². The molecular formula is C22H30N2O7S2. The molecule has 0 bridgehead atoms. The summed E-state index contributed by atoms with van der Waals surface area (Å²) in [4.78, 5) is 27.3. The molecule has 0 radical (unpaired) electrons. The predicted octanol–water partition coefficient (Wildman–Crippen LogP) is 1.59. The number of sulfonamides is 1. The van der Waals surface area contributed by atoms with Crippen LogP contribution in [-0.4, -0.2) is 81.2 Å². The molecule has 1 atom stereocenters. The third-order valence-electron chi connectivity index (χ3n) is 6.71. The minimum Gasteiger partial charge on any atom is -0.452 e. The lowest BCUT2D eigenvalue weighted by Gasteiger charge is -2.33. The quantitative estimate of drug-likeness (QED) is 0.524. The first kappa shape index (κ1) is 24.2. The molecule has 1 aromatic rings. The van der Waals surface area contributed by atoms with Gasteiger partial charge in [0.05, 0.1) is 22.0 Å². The van der Waals surface area contributed by atoms with Crippen molar-refractivity contribution in [3.05, 3.63) is 29.8 Å². The topological polar surface area (TPSA) is 118 Å². The van der Waals surface area contributed by atoms with Crippen molar-refractivity contribution in [3.8, 4) is 0 Å². The van der Waals surface area contributed by atoms with E-state index in [0.717, 1.165) is 38.5 Å². The van der Waals surface area contributed by atoms with E-state index in [0.29, 0.717) is 19.5 Å². The highest BCUT2D eigenvalue weighted by Gasteiger charge is 2.39. The maximum atomic E-state index is 13.0. The Kier molecular flexibility index (Phi) is 7.11.